The third-order valence-corrected chi connectivity index (χ3v) is 4.58. The lowest BCUT2D eigenvalue weighted by Gasteiger charge is -2.39. The van der Waals surface area contributed by atoms with E-state index in [1.165, 1.54) is 0 Å². The maximum Gasteiger partial charge on any atom is 0.239 e. The van der Waals surface area contributed by atoms with Crippen molar-refractivity contribution in [2.24, 2.45) is 4.99 Å². The summed E-state index contributed by atoms with van der Waals surface area (Å²) in [6.07, 6.45) is 2.32. The first-order chi connectivity index (χ1) is 10.7. The van der Waals surface area contributed by atoms with Crippen LogP contribution in [-0.2, 0) is 4.79 Å². The van der Waals surface area contributed by atoms with Crippen LogP contribution < -0.4 is 5.32 Å². The number of aliphatic imine (C=N–C) groups is 1. The molecule has 0 saturated carbocycles. The number of nitrogens with zero attached hydrogens (tertiary/aromatic N) is 4. The lowest BCUT2D eigenvalue weighted by Crippen LogP contribution is -2.57. The average molecular weight is 309 g/mol. The van der Waals surface area contributed by atoms with E-state index in [1.807, 2.05) is 4.90 Å². The van der Waals surface area contributed by atoms with Crippen molar-refractivity contribution in [2.75, 3.05) is 52.4 Å². The van der Waals surface area contributed by atoms with E-state index in [9.17, 15) is 4.79 Å². The van der Waals surface area contributed by atoms with Crippen LogP contribution in [0.5, 0.6) is 0 Å². The Kier molecular flexibility index (Phi) is 6.49. The van der Waals surface area contributed by atoms with Gasteiger partial charge in [-0.1, -0.05) is 0 Å². The number of rotatable bonds is 4. The zero-order valence-corrected chi connectivity index (χ0v) is 14.3. The van der Waals surface area contributed by atoms with E-state index in [0.717, 1.165) is 71.2 Å². The van der Waals surface area contributed by atoms with Crippen LogP contribution >= 0.6 is 0 Å². The molecule has 2 aliphatic heterocycles. The largest absolute Gasteiger partial charge is 0.357 e. The maximum atomic E-state index is 12.5. The van der Waals surface area contributed by atoms with Crippen LogP contribution in [0, 0.1) is 0 Å². The van der Waals surface area contributed by atoms with Gasteiger partial charge in [0.1, 0.15) is 0 Å². The smallest absolute Gasteiger partial charge is 0.239 e. The van der Waals surface area contributed by atoms with E-state index in [4.69, 9.17) is 0 Å². The van der Waals surface area contributed by atoms with Gasteiger partial charge in [-0.2, -0.15) is 0 Å². The Morgan fingerprint density at radius 1 is 1.05 bits per heavy atom. The highest BCUT2D eigenvalue weighted by atomic mass is 16.2. The summed E-state index contributed by atoms with van der Waals surface area (Å²) in [4.78, 5) is 23.7. The monoisotopic (exact) mass is 309 g/mol. The van der Waals surface area contributed by atoms with Crippen molar-refractivity contribution >= 4 is 11.9 Å². The molecule has 1 atom stereocenters. The van der Waals surface area contributed by atoms with E-state index < -0.39 is 0 Å². The number of likely N-dealkylation sites (tertiary alicyclic amines) is 1. The van der Waals surface area contributed by atoms with E-state index in [1.54, 1.807) is 0 Å². The number of hydrogen-bond donors (Lipinski definition) is 1. The van der Waals surface area contributed by atoms with E-state index in [0.29, 0.717) is 5.91 Å². The lowest BCUT2D eigenvalue weighted by atomic mass is 10.2. The maximum absolute atomic E-state index is 12.5. The first-order valence-electron chi connectivity index (χ1n) is 8.73. The summed E-state index contributed by atoms with van der Waals surface area (Å²) in [6.45, 7) is 13.5. The Hall–Kier alpha value is -1.30. The lowest BCUT2D eigenvalue weighted by molar-refractivity contribution is -0.135. The Labute approximate surface area is 134 Å². The zero-order chi connectivity index (χ0) is 15.9. The molecule has 2 aliphatic rings. The molecule has 2 fully saturated rings. The van der Waals surface area contributed by atoms with Crippen molar-refractivity contribution in [3.63, 3.8) is 0 Å². The van der Waals surface area contributed by atoms with Crippen LogP contribution in [0.4, 0.5) is 0 Å². The van der Waals surface area contributed by atoms with Crippen LogP contribution in [0.25, 0.3) is 0 Å². The number of nitrogens with one attached hydrogen (secondary N) is 1. The number of amides is 1. The van der Waals surface area contributed by atoms with Crippen LogP contribution in [0.1, 0.15) is 33.6 Å². The first-order valence-corrected chi connectivity index (χ1v) is 8.73. The third kappa shape index (κ3) is 4.12. The summed E-state index contributed by atoms with van der Waals surface area (Å²) in [5.74, 6) is 1.31. The third-order valence-electron chi connectivity index (χ3n) is 4.58. The molecular formula is C16H31N5O. The number of piperazine rings is 1. The second kappa shape index (κ2) is 8.36. The minimum absolute atomic E-state index is 0.00551. The van der Waals surface area contributed by atoms with Gasteiger partial charge in [0.2, 0.25) is 5.91 Å². The Bertz CT molecular complexity index is 384. The van der Waals surface area contributed by atoms with Gasteiger partial charge in [-0.3, -0.25) is 14.7 Å². The van der Waals surface area contributed by atoms with Gasteiger partial charge in [0, 0.05) is 52.4 Å². The van der Waals surface area contributed by atoms with Crippen molar-refractivity contribution < 1.29 is 4.79 Å². The molecule has 2 rings (SSSR count). The van der Waals surface area contributed by atoms with Gasteiger partial charge in [0.15, 0.2) is 5.96 Å². The fraction of sp³-hybridized carbons (Fsp3) is 0.875. The van der Waals surface area contributed by atoms with E-state index in [2.05, 4.69) is 40.9 Å². The Morgan fingerprint density at radius 2 is 1.68 bits per heavy atom. The van der Waals surface area contributed by atoms with Gasteiger partial charge >= 0.3 is 0 Å². The summed E-state index contributed by atoms with van der Waals surface area (Å²) in [5.41, 5.74) is 0. The molecule has 0 aliphatic carbocycles. The van der Waals surface area contributed by atoms with Crippen molar-refractivity contribution in [1.29, 1.82) is 0 Å². The highest BCUT2D eigenvalue weighted by Gasteiger charge is 2.30. The average Bonchev–Trinajstić information content (AvgIpc) is 3.08. The number of carbonyl (C=O) groups is 1. The fourth-order valence-corrected chi connectivity index (χ4v) is 3.25. The molecule has 1 unspecified atom stereocenters. The summed E-state index contributed by atoms with van der Waals surface area (Å²) >= 11 is 0. The van der Waals surface area contributed by atoms with E-state index >= 15 is 0 Å². The molecule has 0 aromatic carbocycles. The topological polar surface area (TPSA) is 51.2 Å². The van der Waals surface area contributed by atoms with Gasteiger partial charge in [0.25, 0.3) is 0 Å². The molecule has 2 saturated heterocycles. The SMILES string of the molecule is CCN=C(NCC)N1CCN(C(C)C(=O)N2CCCC2)CC1. The van der Waals surface area contributed by atoms with Gasteiger partial charge in [-0.05, 0) is 33.6 Å². The van der Waals surface area contributed by atoms with Crippen LogP contribution in [0.3, 0.4) is 0 Å². The number of guanidine groups is 1. The van der Waals surface area contributed by atoms with Crippen molar-refractivity contribution in [1.82, 2.24) is 20.0 Å². The molecule has 0 radical (unpaired) electrons. The second-order valence-electron chi connectivity index (χ2n) is 6.06. The Morgan fingerprint density at radius 3 is 2.23 bits per heavy atom. The number of carbonyl (C=O) groups excluding carboxylic acids is 1. The van der Waals surface area contributed by atoms with Crippen molar-refractivity contribution in [2.45, 2.75) is 39.7 Å². The molecule has 22 heavy (non-hydrogen) atoms. The van der Waals surface area contributed by atoms with Crippen LogP contribution in [-0.4, -0.2) is 85.0 Å². The zero-order valence-electron chi connectivity index (χ0n) is 14.3. The van der Waals surface area contributed by atoms with E-state index in [-0.39, 0.29) is 6.04 Å². The predicted octanol–water partition coefficient (Wildman–Crippen LogP) is 0.600. The Balaban J connectivity index is 1.85. The van der Waals surface area contributed by atoms with Gasteiger partial charge in [-0.15, -0.1) is 0 Å². The molecule has 0 spiro atoms. The van der Waals surface area contributed by atoms with Gasteiger partial charge in [-0.25, -0.2) is 0 Å². The quantitative estimate of drug-likeness (QED) is 0.610. The molecule has 0 aromatic rings. The number of hydrogen-bond acceptors (Lipinski definition) is 3. The molecule has 126 valence electrons. The van der Waals surface area contributed by atoms with Crippen molar-refractivity contribution in [3.05, 3.63) is 0 Å². The highest BCUT2D eigenvalue weighted by Crippen LogP contribution is 2.14. The standard InChI is InChI=1S/C16H31N5O/c1-4-17-16(18-5-2)21-12-10-19(11-13-21)14(3)15(22)20-8-6-7-9-20/h14H,4-13H2,1-3H3,(H,17,18). The first kappa shape index (κ1) is 17.1. The molecule has 1 amide bonds. The molecule has 0 bridgehead atoms. The summed E-state index contributed by atoms with van der Waals surface area (Å²) in [5, 5.41) is 3.35. The predicted molar refractivity (Wildman–Crippen MR) is 90.1 cm³/mol. The van der Waals surface area contributed by atoms with Crippen molar-refractivity contribution in [3.8, 4) is 0 Å². The molecule has 1 N–H and O–H groups in total. The summed E-state index contributed by atoms with van der Waals surface area (Å²) in [7, 11) is 0. The summed E-state index contributed by atoms with van der Waals surface area (Å²) < 4.78 is 0. The van der Waals surface area contributed by atoms with Gasteiger partial charge in [0.05, 0.1) is 6.04 Å². The van der Waals surface area contributed by atoms with Crippen LogP contribution in [0.15, 0.2) is 4.99 Å². The minimum atomic E-state index is 0.00551. The van der Waals surface area contributed by atoms with Crippen LogP contribution in [0.2, 0.25) is 0 Å². The molecule has 6 heteroatoms. The fourth-order valence-electron chi connectivity index (χ4n) is 3.25. The highest BCUT2D eigenvalue weighted by molar-refractivity contribution is 5.82. The molecular weight excluding hydrogens is 278 g/mol. The van der Waals surface area contributed by atoms with Gasteiger partial charge < -0.3 is 15.1 Å². The molecule has 6 nitrogen and oxygen atoms in total. The molecule has 2 heterocycles. The molecule has 0 aromatic heterocycles. The summed E-state index contributed by atoms with van der Waals surface area (Å²) in [6, 6.07) is 0.00551. The second-order valence-corrected chi connectivity index (χ2v) is 6.06. The normalized spacial score (nSPS) is 22.0. The minimum Gasteiger partial charge on any atom is -0.357 e.